The fraction of sp³-hybridized carbons (Fsp3) is 0.250. The maximum atomic E-state index is 12.8. The Balaban J connectivity index is 2.10. The van der Waals surface area contributed by atoms with Crippen molar-refractivity contribution in [3.8, 4) is 0 Å². The van der Waals surface area contributed by atoms with Crippen LogP contribution in [0.3, 0.4) is 0 Å². The largest absolute Gasteiger partial charge is 0.266 e. The zero-order valence-electron chi connectivity index (χ0n) is 11.4. The molecule has 0 bridgehead atoms. The average Bonchev–Trinajstić information content (AvgIpc) is 2.48. The van der Waals surface area contributed by atoms with Crippen LogP contribution in [0.4, 0.5) is 5.69 Å². The Bertz CT molecular complexity index is 710. The van der Waals surface area contributed by atoms with Crippen LogP contribution in [0.15, 0.2) is 59.5 Å². The molecule has 0 spiro atoms. The lowest BCUT2D eigenvalue weighted by molar-refractivity contribution is 0.578. The van der Waals surface area contributed by atoms with Gasteiger partial charge in [0.05, 0.1) is 10.6 Å². The van der Waals surface area contributed by atoms with Gasteiger partial charge in [0.15, 0.2) is 0 Å². The molecule has 0 saturated carbocycles. The highest BCUT2D eigenvalue weighted by Crippen LogP contribution is 2.37. The van der Waals surface area contributed by atoms with Crippen molar-refractivity contribution in [1.29, 1.82) is 0 Å². The van der Waals surface area contributed by atoms with Crippen LogP contribution >= 0.6 is 0 Å². The number of sulfonamides is 1. The molecule has 4 heteroatoms. The molecule has 1 atom stereocenters. The van der Waals surface area contributed by atoms with Gasteiger partial charge in [0.2, 0.25) is 0 Å². The molecule has 0 radical (unpaired) electrons. The van der Waals surface area contributed by atoms with Crippen LogP contribution in [0.2, 0.25) is 0 Å². The molecule has 0 saturated heterocycles. The number of hydrogen-bond acceptors (Lipinski definition) is 2. The molecule has 1 unspecified atom stereocenters. The summed E-state index contributed by atoms with van der Waals surface area (Å²) in [6.07, 6.45) is 0.850. The van der Waals surface area contributed by atoms with E-state index in [-0.39, 0.29) is 0 Å². The molecular formula is C16H17NO2S. The van der Waals surface area contributed by atoms with Crippen molar-refractivity contribution in [3.05, 3.63) is 60.2 Å². The molecule has 1 aliphatic heterocycles. The molecule has 1 heterocycles. The summed E-state index contributed by atoms with van der Waals surface area (Å²) in [6, 6.07) is 16.4. The summed E-state index contributed by atoms with van der Waals surface area (Å²) in [5.74, 6) is 0.397. The first-order chi connectivity index (χ1) is 9.60. The second kappa shape index (κ2) is 4.94. The van der Waals surface area contributed by atoms with E-state index in [9.17, 15) is 8.42 Å². The lowest BCUT2D eigenvalue weighted by Crippen LogP contribution is -2.36. The normalized spacial score (nSPS) is 18.6. The van der Waals surface area contributed by atoms with Crippen molar-refractivity contribution >= 4 is 15.7 Å². The molecule has 0 fully saturated rings. The molecule has 0 aliphatic carbocycles. The number of para-hydroxylation sites is 1. The lowest BCUT2D eigenvalue weighted by atomic mass is 9.93. The number of nitrogens with zero attached hydrogens (tertiary/aromatic N) is 1. The molecular weight excluding hydrogens is 270 g/mol. The standard InChI is InChI=1S/C16H17NO2S/c1-13-11-12-17(16-10-6-5-9-15(13)16)20(18,19)14-7-3-2-4-8-14/h2-10,13H,11-12H2,1H3. The van der Waals surface area contributed by atoms with E-state index < -0.39 is 10.0 Å². The first kappa shape index (κ1) is 13.2. The number of anilines is 1. The Morgan fingerprint density at radius 1 is 1.00 bits per heavy atom. The predicted octanol–water partition coefficient (Wildman–Crippen LogP) is 3.39. The molecule has 2 aromatic rings. The second-order valence-electron chi connectivity index (χ2n) is 5.14. The lowest BCUT2D eigenvalue weighted by Gasteiger charge is -2.33. The van der Waals surface area contributed by atoms with E-state index in [1.807, 2.05) is 30.3 Å². The summed E-state index contributed by atoms with van der Waals surface area (Å²) in [5, 5.41) is 0. The predicted molar refractivity (Wildman–Crippen MR) is 80.4 cm³/mol. The van der Waals surface area contributed by atoms with Gasteiger partial charge in [-0.3, -0.25) is 4.31 Å². The molecule has 104 valence electrons. The Kier molecular flexibility index (Phi) is 3.26. The minimum Gasteiger partial charge on any atom is -0.266 e. The Morgan fingerprint density at radius 2 is 1.65 bits per heavy atom. The van der Waals surface area contributed by atoms with E-state index >= 15 is 0 Å². The maximum absolute atomic E-state index is 12.8. The Morgan fingerprint density at radius 3 is 2.40 bits per heavy atom. The highest BCUT2D eigenvalue weighted by Gasteiger charge is 2.31. The first-order valence-corrected chi connectivity index (χ1v) is 8.21. The van der Waals surface area contributed by atoms with Crippen molar-refractivity contribution in [2.75, 3.05) is 10.8 Å². The van der Waals surface area contributed by atoms with Crippen LogP contribution in [-0.4, -0.2) is 15.0 Å². The van der Waals surface area contributed by atoms with E-state index in [2.05, 4.69) is 6.92 Å². The van der Waals surface area contributed by atoms with Gasteiger partial charge in [0.25, 0.3) is 10.0 Å². The van der Waals surface area contributed by atoms with Gasteiger partial charge in [-0.1, -0.05) is 43.3 Å². The monoisotopic (exact) mass is 287 g/mol. The third kappa shape index (κ3) is 2.10. The van der Waals surface area contributed by atoms with Crippen LogP contribution in [0.25, 0.3) is 0 Å². The highest BCUT2D eigenvalue weighted by atomic mass is 32.2. The number of fused-ring (bicyclic) bond motifs is 1. The van der Waals surface area contributed by atoms with E-state index in [0.29, 0.717) is 17.4 Å². The van der Waals surface area contributed by atoms with Gasteiger partial charge in [0, 0.05) is 6.54 Å². The third-order valence-electron chi connectivity index (χ3n) is 3.83. The van der Waals surface area contributed by atoms with Crippen LogP contribution in [-0.2, 0) is 10.0 Å². The van der Waals surface area contributed by atoms with Gasteiger partial charge in [0.1, 0.15) is 0 Å². The van der Waals surface area contributed by atoms with Crippen LogP contribution in [0, 0.1) is 0 Å². The van der Waals surface area contributed by atoms with E-state index in [4.69, 9.17) is 0 Å². The summed E-state index contributed by atoms with van der Waals surface area (Å²) < 4.78 is 27.1. The van der Waals surface area contributed by atoms with Gasteiger partial charge >= 0.3 is 0 Å². The zero-order chi connectivity index (χ0) is 14.2. The van der Waals surface area contributed by atoms with Crippen LogP contribution < -0.4 is 4.31 Å². The summed E-state index contributed by atoms with van der Waals surface area (Å²) in [6.45, 7) is 2.68. The quantitative estimate of drug-likeness (QED) is 0.849. The first-order valence-electron chi connectivity index (χ1n) is 6.77. The second-order valence-corrected chi connectivity index (χ2v) is 7.00. The topological polar surface area (TPSA) is 37.4 Å². The number of hydrogen-bond donors (Lipinski definition) is 0. The maximum Gasteiger partial charge on any atom is 0.264 e. The van der Waals surface area contributed by atoms with Gasteiger partial charge < -0.3 is 0 Å². The van der Waals surface area contributed by atoms with Crippen molar-refractivity contribution in [3.63, 3.8) is 0 Å². The van der Waals surface area contributed by atoms with Gasteiger partial charge in [-0.25, -0.2) is 8.42 Å². The summed E-state index contributed by atoms with van der Waals surface area (Å²) >= 11 is 0. The van der Waals surface area contributed by atoms with E-state index in [1.54, 1.807) is 24.3 Å². The fourth-order valence-electron chi connectivity index (χ4n) is 2.69. The smallest absolute Gasteiger partial charge is 0.264 e. The molecule has 20 heavy (non-hydrogen) atoms. The molecule has 1 aliphatic rings. The van der Waals surface area contributed by atoms with E-state index in [0.717, 1.165) is 17.7 Å². The fourth-order valence-corrected chi connectivity index (χ4v) is 4.21. The van der Waals surface area contributed by atoms with E-state index in [1.165, 1.54) is 4.31 Å². The molecule has 0 aromatic heterocycles. The SMILES string of the molecule is CC1CCN(S(=O)(=O)c2ccccc2)c2ccccc21. The Hall–Kier alpha value is -1.81. The van der Waals surface area contributed by atoms with Crippen molar-refractivity contribution in [2.24, 2.45) is 0 Å². The van der Waals surface area contributed by atoms with Crippen LogP contribution in [0.5, 0.6) is 0 Å². The minimum absolute atomic E-state index is 0.351. The minimum atomic E-state index is -3.47. The molecule has 3 rings (SSSR count). The summed E-state index contributed by atoms with van der Waals surface area (Å²) in [4.78, 5) is 0.351. The van der Waals surface area contributed by atoms with Crippen LogP contribution in [0.1, 0.15) is 24.8 Å². The van der Waals surface area contributed by atoms with Crippen molar-refractivity contribution < 1.29 is 8.42 Å². The summed E-state index contributed by atoms with van der Waals surface area (Å²) in [5.41, 5.74) is 1.92. The third-order valence-corrected chi connectivity index (χ3v) is 5.66. The molecule has 0 N–H and O–H groups in total. The van der Waals surface area contributed by atoms with Crippen molar-refractivity contribution in [2.45, 2.75) is 24.2 Å². The highest BCUT2D eigenvalue weighted by molar-refractivity contribution is 7.92. The number of rotatable bonds is 2. The molecule has 0 amide bonds. The Labute approximate surface area is 119 Å². The zero-order valence-corrected chi connectivity index (χ0v) is 12.2. The summed E-state index contributed by atoms with van der Waals surface area (Å²) in [7, 11) is -3.47. The van der Waals surface area contributed by atoms with Gasteiger partial charge in [-0.15, -0.1) is 0 Å². The van der Waals surface area contributed by atoms with Gasteiger partial charge in [-0.2, -0.15) is 0 Å². The number of benzene rings is 2. The average molecular weight is 287 g/mol. The molecule has 3 nitrogen and oxygen atoms in total. The van der Waals surface area contributed by atoms with Crippen molar-refractivity contribution in [1.82, 2.24) is 0 Å². The van der Waals surface area contributed by atoms with Gasteiger partial charge in [-0.05, 0) is 36.1 Å². The molecule has 2 aromatic carbocycles.